The molecule has 0 radical (unpaired) electrons. The van der Waals surface area contributed by atoms with Crippen LogP contribution in [0.5, 0.6) is 0 Å². The number of hydrogen-bond donors (Lipinski definition) is 1. The van der Waals surface area contributed by atoms with E-state index in [-0.39, 0.29) is 12.0 Å². The first-order valence-corrected chi connectivity index (χ1v) is 3.44. The van der Waals surface area contributed by atoms with E-state index in [1.54, 1.807) is 0 Å². The van der Waals surface area contributed by atoms with Crippen LogP contribution in [0.4, 0.5) is 0 Å². The number of nitrogens with zero attached hydrogens (tertiary/aromatic N) is 1. The average molecular weight is 121 g/mol. The van der Waals surface area contributed by atoms with Crippen LogP contribution in [0.1, 0.15) is 0 Å². The van der Waals surface area contributed by atoms with E-state index in [4.69, 9.17) is 5.26 Å². The quantitative estimate of drug-likeness (QED) is 0.490. The highest BCUT2D eigenvalue weighted by atomic mass is 16.3. The van der Waals surface area contributed by atoms with Crippen LogP contribution in [-0.2, 0) is 0 Å². The first kappa shape index (κ1) is 4.29. The molecule has 0 aromatic heterocycles. The lowest BCUT2D eigenvalue weighted by Gasteiger charge is -2.00. The SMILES string of the molecule is N#CC1C(O)C2C3C1C23. The molecule has 4 saturated carbocycles. The van der Waals surface area contributed by atoms with Gasteiger partial charge >= 0.3 is 0 Å². The Morgan fingerprint density at radius 2 is 1.78 bits per heavy atom. The Balaban J connectivity index is 1.99. The van der Waals surface area contributed by atoms with E-state index in [0.29, 0.717) is 11.8 Å². The van der Waals surface area contributed by atoms with Gasteiger partial charge in [-0.3, -0.25) is 0 Å². The summed E-state index contributed by atoms with van der Waals surface area (Å²) >= 11 is 0. The summed E-state index contributed by atoms with van der Waals surface area (Å²) in [6.07, 6.45) is -0.255. The zero-order chi connectivity index (χ0) is 6.17. The summed E-state index contributed by atoms with van der Waals surface area (Å²) in [4.78, 5) is 0. The average Bonchev–Trinajstić information content (AvgIpc) is 2.64. The van der Waals surface area contributed by atoms with Crippen molar-refractivity contribution in [2.75, 3.05) is 0 Å². The molecule has 1 N–H and O–H groups in total. The summed E-state index contributed by atoms with van der Waals surface area (Å²) in [5.41, 5.74) is 0. The molecule has 0 saturated heterocycles. The molecule has 2 nitrogen and oxygen atoms in total. The van der Waals surface area contributed by atoms with Gasteiger partial charge in [0.2, 0.25) is 0 Å². The minimum atomic E-state index is -0.255. The number of hydrogen-bond acceptors (Lipinski definition) is 2. The maximum absolute atomic E-state index is 9.30. The fraction of sp³-hybridized carbons (Fsp3) is 0.857. The van der Waals surface area contributed by atoms with Gasteiger partial charge in [0.1, 0.15) is 0 Å². The van der Waals surface area contributed by atoms with E-state index >= 15 is 0 Å². The Hall–Kier alpha value is -0.550. The summed E-state index contributed by atoms with van der Waals surface area (Å²) in [7, 11) is 0. The molecular weight excluding hydrogens is 114 g/mol. The Bertz CT molecular complexity index is 209. The lowest BCUT2D eigenvalue weighted by atomic mass is 10.1. The third-order valence-corrected chi connectivity index (χ3v) is 3.27. The summed E-state index contributed by atoms with van der Waals surface area (Å²) in [5, 5.41) is 17.8. The summed E-state index contributed by atoms with van der Waals surface area (Å²) in [6, 6.07) is 2.18. The topological polar surface area (TPSA) is 44.0 Å². The third-order valence-electron chi connectivity index (χ3n) is 3.27. The Labute approximate surface area is 53.1 Å². The lowest BCUT2D eigenvalue weighted by Crippen LogP contribution is -2.11. The maximum atomic E-state index is 9.30. The maximum Gasteiger partial charge on any atom is 0.0759 e. The predicted molar refractivity (Wildman–Crippen MR) is 29.1 cm³/mol. The van der Waals surface area contributed by atoms with Gasteiger partial charge in [0, 0.05) is 0 Å². The first-order chi connectivity index (χ1) is 4.36. The van der Waals surface area contributed by atoms with Crippen LogP contribution in [0.2, 0.25) is 0 Å². The highest BCUT2D eigenvalue weighted by Gasteiger charge is 2.84. The van der Waals surface area contributed by atoms with Crippen molar-refractivity contribution >= 4 is 0 Å². The fourth-order valence-corrected chi connectivity index (χ4v) is 2.70. The molecule has 4 atom stereocenters. The molecule has 2 heteroatoms. The Morgan fingerprint density at radius 3 is 2.00 bits per heavy atom. The van der Waals surface area contributed by atoms with Crippen LogP contribution in [0.15, 0.2) is 0 Å². The Kier molecular flexibility index (Phi) is 0.434. The Morgan fingerprint density at radius 1 is 1.11 bits per heavy atom. The van der Waals surface area contributed by atoms with Crippen LogP contribution < -0.4 is 0 Å². The molecule has 4 unspecified atom stereocenters. The monoisotopic (exact) mass is 121 g/mol. The number of aliphatic hydroxyl groups is 1. The number of fused-ring (bicyclic) bond motifs is 1. The largest absolute Gasteiger partial charge is 0.391 e. The molecular formula is C7H7NO. The molecule has 0 amide bonds. The number of aliphatic hydroxyl groups excluding tert-OH is 1. The van der Waals surface area contributed by atoms with Gasteiger partial charge in [0.05, 0.1) is 18.1 Å². The van der Waals surface area contributed by atoms with Crippen molar-refractivity contribution in [3.05, 3.63) is 0 Å². The zero-order valence-electron chi connectivity index (χ0n) is 4.86. The van der Waals surface area contributed by atoms with Crippen molar-refractivity contribution in [2.24, 2.45) is 29.6 Å². The van der Waals surface area contributed by atoms with E-state index in [1.165, 1.54) is 0 Å². The third kappa shape index (κ3) is 0.255. The fourth-order valence-electron chi connectivity index (χ4n) is 2.70. The van der Waals surface area contributed by atoms with Crippen molar-refractivity contribution in [2.45, 2.75) is 6.10 Å². The second-order valence-electron chi connectivity index (χ2n) is 3.45. The van der Waals surface area contributed by atoms with Crippen LogP contribution in [0, 0.1) is 40.9 Å². The van der Waals surface area contributed by atoms with E-state index in [1.807, 2.05) is 0 Å². The molecule has 0 heterocycles. The highest BCUT2D eigenvalue weighted by molar-refractivity contribution is 5.33. The molecule has 4 fully saturated rings. The normalized spacial score (nSPS) is 72.9. The van der Waals surface area contributed by atoms with Gasteiger partial charge in [0.25, 0.3) is 0 Å². The van der Waals surface area contributed by atoms with Crippen molar-refractivity contribution in [3.63, 3.8) is 0 Å². The highest BCUT2D eigenvalue weighted by Crippen LogP contribution is 2.83. The van der Waals surface area contributed by atoms with E-state index in [9.17, 15) is 5.11 Å². The van der Waals surface area contributed by atoms with Gasteiger partial charge in [0.15, 0.2) is 0 Å². The number of nitriles is 1. The van der Waals surface area contributed by atoms with Crippen molar-refractivity contribution in [1.29, 1.82) is 5.26 Å². The predicted octanol–water partition coefficient (Wildman–Crippen LogP) is -0.00732. The number of rotatable bonds is 0. The second-order valence-corrected chi connectivity index (χ2v) is 3.45. The standard InChI is InChI=1S/C7H7NO/c8-1-2-3-4-5(3)6(4)7(2)9/h2-7,9H. The van der Waals surface area contributed by atoms with Gasteiger partial charge in [-0.05, 0) is 23.7 Å². The van der Waals surface area contributed by atoms with Gasteiger partial charge in [-0.15, -0.1) is 0 Å². The summed E-state index contributed by atoms with van der Waals surface area (Å²) < 4.78 is 0. The second kappa shape index (κ2) is 0.911. The molecule has 4 rings (SSSR count). The van der Waals surface area contributed by atoms with Crippen LogP contribution in [0.25, 0.3) is 0 Å². The molecule has 0 spiro atoms. The van der Waals surface area contributed by atoms with Crippen molar-refractivity contribution in [3.8, 4) is 6.07 Å². The minimum absolute atomic E-state index is 0.00463. The molecule has 46 valence electrons. The van der Waals surface area contributed by atoms with Crippen LogP contribution >= 0.6 is 0 Å². The first-order valence-electron chi connectivity index (χ1n) is 3.44. The molecule has 2 bridgehead atoms. The van der Waals surface area contributed by atoms with Crippen molar-refractivity contribution < 1.29 is 5.11 Å². The summed E-state index contributed by atoms with van der Waals surface area (Å²) in [5.74, 6) is 2.74. The van der Waals surface area contributed by atoms with Gasteiger partial charge in [-0.2, -0.15) is 5.26 Å². The van der Waals surface area contributed by atoms with Crippen LogP contribution in [0.3, 0.4) is 0 Å². The molecule has 0 aliphatic heterocycles. The van der Waals surface area contributed by atoms with Gasteiger partial charge in [-0.25, -0.2) is 0 Å². The molecule has 0 aromatic rings. The molecule has 0 aromatic carbocycles. The zero-order valence-corrected chi connectivity index (χ0v) is 4.86. The van der Waals surface area contributed by atoms with E-state index in [2.05, 4.69) is 6.07 Å². The van der Waals surface area contributed by atoms with E-state index in [0.717, 1.165) is 11.8 Å². The van der Waals surface area contributed by atoms with Crippen molar-refractivity contribution in [1.82, 2.24) is 0 Å². The van der Waals surface area contributed by atoms with Gasteiger partial charge < -0.3 is 5.11 Å². The molecule has 4 aliphatic carbocycles. The van der Waals surface area contributed by atoms with Crippen LogP contribution in [-0.4, -0.2) is 11.2 Å². The van der Waals surface area contributed by atoms with E-state index < -0.39 is 0 Å². The molecule has 4 aliphatic rings. The smallest absolute Gasteiger partial charge is 0.0759 e. The minimum Gasteiger partial charge on any atom is -0.391 e. The summed E-state index contributed by atoms with van der Waals surface area (Å²) in [6.45, 7) is 0. The van der Waals surface area contributed by atoms with Gasteiger partial charge in [-0.1, -0.05) is 0 Å². The molecule has 9 heavy (non-hydrogen) atoms. The lowest BCUT2D eigenvalue weighted by molar-refractivity contribution is 0.146.